The van der Waals surface area contributed by atoms with Crippen LogP contribution in [0.1, 0.15) is 43.9 Å². The first-order valence-electron chi connectivity index (χ1n) is 9.69. The van der Waals surface area contributed by atoms with Crippen molar-refractivity contribution >= 4 is 5.91 Å². The molecule has 3 rings (SSSR count). The zero-order valence-electron chi connectivity index (χ0n) is 16.6. The number of nitrogens with zero attached hydrogens (tertiary/aromatic N) is 1. The second kappa shape index (κ2) is 8.95. The summed E-state index contributed by atoms with van der Waals surface area (Å²) in [7, 11) is 0. The lowest BCUT2D eigenvalue weighted by molar-refractivity contribution is -0.135. The molecule has 1 aliphatic rings. The lowest BCUT2D eigenvalue weighted by Gasteiger charge is -2.32. The molecule has 2 heterocycles. The number of benzene rings is 1. The average Bonchev–Trinajstić information content (AvgIpc) is 2.66. The fraction of sp³-hybridized carbons (Fsp3) is 0.455. The van der Waals surface area contributed by atoms with E-state index in [-0.39, 0.29) is 18.6 Å². The summed E-state index contributed by atoms with van der Waals surface area (Å²) < 4.78 is 16.4. The summed E-state index contributed by atoms with van der Waals surface area (Å²) >= 11 is 0. The van der Waals surface area contributed by atoms with Crippen molar-refractivity contribution in [1.82, 2.24) is 4.90 Å². The van der Waals surface area contributed by atoms with E-state index in [1.165, 1.54) is 11.6 Å². The Kier molecular flexibility index (Phi) is 6.39. The molecule has 150 valence electrons. The molecule has 1 amide bonds. The molecule has 6 heteroatoms. The molecular formula is C22H27NO5. The quantitative estimate of drug-likeness (QED) is 0.761. The second-order valence-electron chi connectivity index (χ2n) is 7.43. The summed E-state index contributed by atoms with van der Waals surface area (Å²) in [5.41, 5.74) is 0.827. The zero-order valence-corrected chi connectivity index (χ0v) is 16.6. The second-order valence-corrected chi connectivity index (χ2v) is 7.43. The van der Waals surface area contributed by atoms with Crippen LogP contribution in [0.5, 0.6) is 11.5 Å². The maximum atomic E-state index is 12.4. The number of rotatable bonds is 6. The van der Waals surface area contributed by atoms with Crippen molar-refractivity contribution in [3.63, 3.8) is 0 Å². The molecule has 1 saturated heterocycles. The topological polar surface area (TPSA) is 69.0 Å². The van der Waals surface area contributed by atoms with Gasteiger partial charge in [0.15, 0.2) is 6.61 Å². The molecular weight excluding hydrogens is 358 g/mol. The zero-order chi connectivity index (χ0) is 20.1. The number of hydrogen-bond donors (Lipinski definition) is 0. The molecule has 1 fully saturated rings. The van der Waals surface area contributed by atoms with Crippen LogP contribution in [-0.4, -0.2) is 36.6 Å². The third-order valence-corrected chi connectivity index (χ3v) is 4.87. The standard InChI is InChI=1S/C22H27NO5/c1-15(2)17-4-6-18(7-5-17)26-14-21(24)23-10-8-19(9-11-23)28-20-12-16(3)27-22(25)13-20/h4-7,12-13,15,19H,8-11,14H2,1-3H3. The summed E-state index contributed by atoms with van der Waals surface area (Å²) in [5, 5.41) is 0. The molecule has 1 aromatic carbocycles. The van der Waals surface area contributed by atoms with Crippen molar-refractivity contribution in [2.24, 2.45) is 0 Å². The third-order valence-electron chi connectivity index (χ3n) is 4.87. The highest BCUT2D eigenvalue weighted by molar-refractivity contribution is 5.77. The monoisotopic (exact) mass is 385 g/mol. The van der Waals surface area contributed by atoms with E-state index in [0.717, 1.165) is 0 Å². The van der Waals surface area contributed by atoms with Gasteiger partial charge in [0.1, 0.15) is 23.4 Å². The largest absolute Gasteiger partial charge is 0.490 e. The number of hydrogen-bond acceptors (Lipinski definition) is 5. The number of likely N-dealkylation sites (tertiary alicyclic amines) is 1. The van der Waals surface area contributed by atoms with Crippen LogP contribution in [0.2, 0.25) is 0 Å². The lowest BCUT2D eigenvalue weighted by atomic mass is 10.0. The highest BCUT2D eigenvalue weighted by Gasteiger charge is 2.24. The first-order valence-corrected chi connectivity index (χ1v) is 9.69. The van der Waals surface area contributed by atoms with Crippen LogP contribution in [0, 0.1) is 6.92 Å². The fourth-order valence-corrected chi connectivity index (χ4v) is 3.24. The SMILES string of the molecule is Cc1cc(OC2CCN(C(=O)COc3ccc(C(C)C)cc3)CC2)cc(=O)o1. The van der Waals surface area contributed by atoms with Gasteiger partial charge in [0.25, 0.3) is 5.91 Å². The van der Waals surface area contributed by atoms with Gasteiger partial charge in [-0.2, -0.15) is 0 Å². The van der Waals surface area contributed by atoms with E-state index in [2.05, 4.69) is 13.8 Å². The van der Waals surface area contributed by atoms with Crippen LogP contribution in [0.25, 0.3) is 0 Å². The summed E-state index contributed by atoms with van der Waals surface area (Å²) in [6, 6.07) is 10.9. The van der Waals surface area contributed by atoms with Crippen molar-refractivity contribution in [3.05, 3.63) is 58.1 Å². The smallest absolute Gasteiger partial charge is 0.339 e. The highest BCUT2D eigenvalue weighted by Crippen LogP contribution is 2.20. The van der Waals surface area contributed by atoms with E-state index in [1.807, 2.05) is 24.3 Å². The van der Waals surface area contributed by atoms with Crippen molar-refractivity contribution in [3.8, 4) is 11.5 Å². The third kappa shape index (κ3) is 5.38. The molecule has 0 atom stereocenters. The van der Waals surface area contributed by atoms with Crippen molar-refractivity contribution in [2.45, 2.75) is 45.6 Å². The van der Waals surface area contributed by atoms with Crippen LogP contribution >= 0.6 is 0 Å². The molecule has 0 N–H and O–H groups in total. The summed E-state index contributed by atoms with van der Waals surface area (Å²) in [5.74, 6) is 2.19. The van der Waals surface area contributed by atoms with Gasteiger partial charge < -0.3 is 18.8 Å². The maximum absolute atomic E-state index is 12.4. The maximum Gasteiger partial charge on any atom is 0.339 e. The molecule has 28 heavy (non-hydrogen) atoms. The summed E-state index contributed by atoms with van der Waals surface area (Å²) in [6.07, 6.45) is 1.41. The first kappa shape index (κ1) is 20.0. The molecule has 0 spiro atoms. The van der Waals surface area contributed by atoms with E-state index in [4.69, 9.17) is 13.9 Å². The van der Waals surface area contributed by atoms with Gasteiger partial charge >= 0.3 is 5.63 Å². The van der Waals surface area contributed by atoms with Crippen molar-refractivity contribution in [1.29, 1.82) is 0 Å². The van der Waals surface area contributed by atoms with E-state index in [1.54, 1.807) is 17.9 Å². The Labute approximate surface area is 165 Å². The molecule has 0 bridgehead atoms. The highest BCUT2D eigenvalue weighted by atomic mass is 16.5. The number of amides is 1. The number of piperidine rings is 1. The van der Waals surface area contributed by atoms with Crippen molar-refractivity contribution in [2.75, 3.05) is 19.7 Å². The fourth-order valence-electron chi connectivity index (χ4n) is 3.24. The molecule has 0 aliphatic carbocycles. The normalized spacial score (nSPS) is 14.9. The Hall–Kier alpha value is -2.76. The van der Waals surface area contributed by atoms with E-state index < -0.39 is 5.63 Å². The Bertz CT molecular complexity index is 848. The van der Waals surface area contributed by atoms with Crippen LogP contribution in [0.3, 0.4) is 0 Å². The van der Waals surface area contributed by atoms with Gasteiger partial charge in [-0.1, -0.05) is 26.0 Å². The van der Waals surface area contributed by atoms with Crippen molar-refractivity contribution < 1.29 is 18.7 Å². The van der Waals surface area contributed by atoms with E-state index >= 15 is 0 Å². The number of carbonyl (C=O) groups is 1. The van der Waals surface area contributed by atoms with E-state index in [0.29, 0.717) is 49.1 Å². The van der Waals surface area contributed by atoms with Crippen LogP contribution in [-0.2, 0) is 4.79 Å². The molecule has 2 aromatic rings. The predicted octanol–water partition coefficient (Wildman–Crippen LogP) is 3.52. The minimum absolute atomic E-state index is 0.0188. The number of ether oxygens (including phenoxy) is 2. The van der Waals surface area contributed by atoms with Gasteiger partial charge in [0, 0.05) is 32.0 Å². The molecule has 6 nitrogen and oxygen atoms in total. The van der Waals surface area contributed by atoms with Crippen LogP contribution in [0.4, 0.5) is 0 Å². The molecule has 0 radical (unpaired) electrons. The van der Waals surface area contributed by atoms with Gasteiger partial charge in [-0.15, -0.1) is 0 Å². The Morgan fingerprint density at radius 3 is 2.43 bits per heavy atom. The minimum atomic E-state index is -0.416. The number of aryl methyl sites for hydroxylation is 1. The Morgan fingerprint density at radius 2 is 1.82 bits per heavy atom. The summed E-state index contributed by atoms with van der Waals surface area (Å²) in [6.45, 7) is 7.25. The van der Waals surface area contributed by atoms with Gasteiger partial charge in [-0.05, 0) is 30.5 Å². The Morgan fingerprint density at radius 1 is 1.14 bits per heavy atom. The molecule has 1 aromatic heterocycles. The van der Waals surface area contributed by atoms with Crippen LogP contribution < -0.4 is 15.1 Å². The van der Waals surface area contributed by atoms with Gasteiger partial charge in [-0.25, -0.2) is 4.79 Å². The molecule has 0 saturated carbocycles. The first-order chi connectivity index (χ1) is 13.4. The Balaban J connectivity index is 1.45. The van der Waals surface area contributed by atoms with Gasteiger partial charge in [0.2, 0.25) is 0 Å². The molecule has 0 unspecified atom stereocenters. The lowest BCUT2D eigenvalue weighted by Crippen LogP contribution is -2.43. The average molecular weight is 385 g/mol. The van der Waals surface area contributed by atoms with Crippen LogP contribution in [0.15, 0.2) is 45.6 Å². The van der Waals surface area contributed by atoms with E-state index in [9.17, 15) is 9.59 Å². The van der Waals surface area contributed by atoms with Gasteiger partial charge in [0.05, 0.1) is 6.07 Å². The number of carbonyl (C=O) groups excluding carboxylic acids is 1. The molecule has 1 aliphatic heterocycles. The predicted molar refractivity (Wildman–Crippen MR) is 106 cm³/mol. The van der Waals surface area contributed by atoms with Gasteiger partial charge in [-0.3, -0.25) is 4.79 Å². The summed E-state index contributed by atoms with van der Waals surface area (Å²) in [4.78, 5) is 25.6. The minimum Gasteiger partial charge on any atom is -0.490 e.